The Labute approximate surface area is 233 Å². The van der Waals surface area contributed by atoms with Crippen molar-refractivity contribution in [1.82, 2.24) is 0 Å². The van der Waals surface area contributed by atoms with Crippen molar-refractivity contribution in [3.63, 3.8) is 0 Å². The third-order valence-corrected chi connectivity index (χ3v) is 12.1. The third kappa shape index (κ3) is 8.61. The molecule has 0 radical (unpaired) electrons. The summed E-state index contributed by atoms with van der Waals surface area (Å²) >= 11 is -1.88. The fourth-order valence-electron chi connectivity index (χ4n) is 7.78. The Morgan fingerprint density at radius 2 is 0.765 bits per heavy atom. The van der Waals surface area contributed by atoms with Gasteiger partial charge in [0, 0.05) is 10.5 Å². The van der Waals surface area contributed by atoms with Crippen LogP contribution in [0, 0.1) is 35.5 Å². The van der Waals surface area contributed by atoms with Crippen molar-refractivity contribution in [3.05, 3.63) is 0 Å². The summed E-state index contributed by atoms with van der Waals surface area (Å²) in [5, 5.41) is -0.727. The maximum Gasteiger partial charge on any atom is 1.00 e. The van der Waals surface area contributed by atoms with E-state index >= 15 is 0 Å². The molecule has 6 nitrogen and oxygen atoms in total. The minimum Gasteiger partial charge on any atom is -0.870 e. The first-order valence-corrected chi connectivity index (χ1v) is 15.4. The monoisotopic (exact) mass is 503 g/mol. The van der Waals surface area contributed by atoms with Gasteiger partial charge in [-0.2, -0.15) is 0 Å². The van der Waals surface area contributed by atoms with E-state index in [1.165, 1.54) is 51.4 Å². The molecular formula is C24H41Li2O6S2-. The van der Waals surface area contributed by atoms with E-state index in [-0.39, 0.29) is 48.4 Å². The molecule has 0 spiro atoms. The maximum absolute atomic E-state index is 11.3. The van der Waals surface area contributed by atoms with Crippen molar-refractivity contribution in [2.24, 2.45) is 35.5 Å². The summed E-state index contributed by atoms with van der Waals surface area (Å²) in [5.41, 5.74) is 0. The molecule has 188 valence electrons. The first kappa shape index (κ1) is 33.2. The molecule has 4 fully saturated rings. The molecule has 4 aliphatic rings. The van der Waals surface area contributed by atoms with Crippen LogP contribution in [0.1, 0.15) is 103 Å². The SMILES string of the molecule is O=S([O-])C1CCC(C2CCC(C3CCC(C4CCC(S(=O)(=O)[O-])CC4)CC3)CC2)CC1.[Li+].[Li+].[OH-]. The summed E-state index contributed by atoms with van der Waals surface area (Å²) < 4.78 is 56.2. The molecule has 1 N–H and O–H groups in total. The molecule has 1 atom stereocenters. The summed E-state index contributed by atoms with van der Waals surface area (Å²) in [5.74, 6) is 4.70. The van der Waals surface area contributed by atoms with Crippen molar-refractivity contribution in [3.8, 4) is 0 Å². The van der Waals surface area contributed by atoms with Gasteiger partial charge < -0.3 is 14.6 Å². The van der Waals surface area contributed by atoms with Crippen molar-refractivity contribution in [2.75, 3.05) is 0 Å². The van der Waals surface area contributed by atoms with Crippen LogP contribution < -0.4 is 37.7 Å². The first-order chi connectivity index (χ1) is 14.8. The predicted octanol–water partition coefficient (Wildman–Crippen LogP) is -1.03. The fraction of sp³-hybridized carbons (Fsp3) is 1.00. The summed E-state index contributed by atoms with van der Waals surface area (Å²) in [6.45, 7) is 0. The van der Waals surface area contributed by atoms with Gasteiger partial charge in [-0.3, -0.25) is 4.21 Å². The van der Waals surface area contributed by atoms with Gasteiger partial charge in [-0.05, 0) is 138 Å². The van der Waals surface area contributed by atoms with Crippen LogP contribution in [0.4, 0.5) is 0 Å². The topological polar surface area (TPSA) is 127 Å². The van der Waals surface area contributed by atoms with Gasteiger partial charge >= 0.3 is 37.7 Å². The van der Waals surface area contributed by atoms with Gasteiger partial charge in [-0.15, -0.1) is 0 Å². The van der Waals surface area contributed by atoms with Crippen LogP contribution in [-0.4, -0.2) is 37.7 Å². The summed E-state index contributed by atoms with van der Waals surface area (Å²) in [7, 11) is -4.10. The molecule has 1 unspecified atom stereocenters. The van der Waals surface area contributed by atoms with Gasteiger partial charge in [-0.1, -0.05) is 11.1 Å². The summed E-state index contributed by atoms with van der Waals surface area (Å²) in [6.07, 6.45) is 17.6. The van der Waals surface area contributed by atoms with Crippen LogP contribution in [0.15, 0.2) is 0 Å². The van der Waals surface area contributed by atoms with Gasteiger partial charge in [-0.25, -0.2) is 8.42 Å². The minimum atomic E-state index is -4.10. The Bertz CT molecular complexity index is 705. The van der Waals surface area contributed by atoms with E-state index in [0.29, 0.717) is 18.8 Å². The van der Waals surface area contributed by atoms with Gasteiger partial charge in [0.05, 0.1) is 10.1 Å². The minimum absolute atomic E-state index is 0. The maximum atomic E-state index is 11.3. The molecule has 0 heterocycles. The van der Waals surface area contributed by atoms with Crippen LogP contribution in [0.2, 0.25) is 0 Å². The van der Waals surface area contributed by atoms with E-state index in [2.05, 4.69) is 0 Å². The van der Waals surface area contributed by atoms with Crippen LogP contribution in [0.25, 0.3) is 0 Å². The van der Waals surface area contributed by atoms with Crippen molar-refractivity contribution >= 4 is 21.2 Å². The molecule has 0 aliphatic heterocycles. The zero-order valence-electron chi connectivity index (χ0n) is 21.2. The second-order valence-corrected chi connectivity index (χ2v) is 14.0. The Morgan fingerprint density at radius 3 is 1.00 bits per heavy atom. The van der Waals surface area contributed by atoms with E-state index in [0.717, 1.165) is 68.1 Å². The summed E-state index contributed by atoms with van der Waals surface area (Å²) in [4.78, 5) is 0. The molecule has 0 bridgehead atoms. The van der Waals surface area contributed by atoms with Crippen LogP contribution >= 0.6 is 0 Å². The average molecular weight is 504 g/mol. The number of hydrogen-bond acceptors (Lipinski definition) is 6. The molecule has 34 heavy (non-hydrogen) atoms. The Kier molecular flexibility index (Phi) is 14.6. The number of hydrogen-bond donors (Lipinski definition) is 0. The van der Waals surface area contributed by atoms with E-state index in [1.807, 2.05) is 0 Å². The quantitative estimate of drug-likeness (QED) is 0.268. The molecule has 4 aliphatic carbocycles. The van der Waals surface area contributed by atoms with Crippen LogP contribution in [0.3, 0.4) is 0 Å². The van der Waals surface area contributed by atoms with Crippen molar-refractivity contribution in [2.45, 2.75) is 113 Å². The van der Waals surface area contributed by atoms with Gasteiger partial charge in [0.25, 0.3) is 0 Å². The molecule has 0 amide bonds. The third-order valence-electron chi connectivity index (χ3n) is 9.75. The normalized spacial score (nSPS) is 40.1. The Morgan fingerprint density at radius 1 is 0.529 bits per heavy atom. The number of rotatable bonds is 5. The second kappa shape index (κ2) is 14.9. The van der Waals surface area contributed by atoms with Crippen LogP contribution in [0.5, 0.6) is 0 Å². The predicted molar refractivity (Wildman–Crippen MR) is 123 cm³/mol. The van der Waals surface area contributed by atoms with E-state index in [1.54, 1.807) is 0 Å². The van der Waals surface area contributed by atoms with E-state index < -0.39 is 26.4 Å². The largest absolute Gasteiger partial charge is 1.00 e. The summed E-state index contributed by atoms with van der Waals surface area (Å²) in [6, 6.07) is 0. The standard InChI is InChI=1S/C24H42O5S2.2Li.H2O/c25-30(26)23-13-9-21(10-14-23)19-5-1-17(2-6-19)18-3-7-20(8-4-18)22-11-15-24(16-12-22)31(27,28)29;;;/h17-24H,1-16H2,(H,25,26)(H,27,28,29);;;1H2/q;2*+1;/p-3. The molecule has 0 saturated heterocycles. The van der Waals surface area contributed by atoms with Gasteiger partial charge in [0.15, 0.2) is 0 Å². The van der Waals surface area contributed by atoms with Crippen molar-refractivity contribution < 1.29 is 64.9 Å². The zero-order valence-corrected chi connectivity index (χ0v) is 22.9. The van der Waals surface area contributed by atoms with Gasteiger partial charge in [0.2, 0.25) is 0 Å². The Hall–Kier alpha value is 1.17. The zero-order chi connectivity index (χ0) is 22.0. The fourth-order valence-corrected chi connectivity index (χ4v) is 9.28. The molecule has 4 saturated carbocycles. The van der Waals surface area contributed by atoms with Crippen molar-refractivity contribution in [1.29, 1.82) is 0 Å². The molecule has 0 aromatic heterocycles. The first-order valence-electron chi connectivity index (χ1n) is 12.8. The molecule has 10 heteroatoms. The van der Waals surface area contributed by atoms with E-state index in [9.17, 15) is 21.7 Å². The Balaban J connectivity index is 0.00000193. The average Bonchev–Trinajstić information content (AvgIpc) is 2.79. The second-order valence-electron chi connectivity index (χ2n) is 11.2. The molecule has 4 rings (SSSR count). The molecular weight excluding hydrogens is 462 g/mol. The molecule has 0 aromatic rings. The molecule has 0 aromatic carbocycles. The smallest absolute Gasteiger partial charge is 0.870 e. The van der Waals surface area contributed by atoms with Crippen LogP contribution in [-0.2, 0) is 21.2 Å². The van der Waals surface area contributed by atoms with E-state index in [4.69, 9.17) is 0 Å². The van der Waals surface area contributed by atoms with Gasteiger partial charge in [0.1, 0.15) is 0 Å².